The summed E-state index contributed by atoms with van der Waals surface area (Å²) in [5.74, 6) is 1.08. The normalized spacial score (nSPS) is 32.9. The van der Waals surface area contributed by atoms with Crippen molar-refractivity contribution in [3.8, 4) is 0 Å². The Balaban J connectivity index is 1.39. The second-order valence-corrected chi connectivity index (χ2v) is 10.9. The minimum absolute atomic E-state index is 0.00855. The first kappa shape index (κ1) is 23.2. The SMILES string of the molecule is CNCC1CC(=O)C2=C(C1)O[C@@H]1C(=C2)C=C[C@]2(C)[C@@H](c3ccc4cnccc4c3)C(OC(C)=O)C[C@@H]12. The van der Waals surface area contributed by atoms with Crippen LogP contribution < -0.4 is 5.32 Å². The smallest absolute Gasteiger partial charge is 0.302 e. The highest BCUT2D eigenvalue weighted by Crippen LogP contribution is 2.60. The van der Waals surface area contributed by atoms with Gasteiger partial charge in [-0.05, 0) is 54.6 Å². The first-order chi connectivity index (χ1) is 17.4. The van der Waals surface area contributed by atoms with E-state index >= 15 is 0 Å². The monoisotopic (exact) mass is 484 g/mol. The van der Waals surface area contributed by atoms with Gasteiger partial charge >= 0.3 is 5.97 Å². The van der Waals surface area contributed by atoms with E-state index in [9.17, 15) is 9.59 Å². The molecule has 6 atom stereocenters. The fourth-order valence-corrected chi connectivity index (χ4v) is 7.03. The third-order valence-electron chi connectivity index (χ3n) is 8.62. The zero-order valence-electron chi connectivity index (χ0n) is 21.0. The number of carbonyl (C=O) groups excluding carboxylic acids is 2. The number of fused-ring (bicyclic) bond motifs is 4. The third-order valence-corrected chi connectivity index (χ3v) is 8.62. The van der Waals surface area contributed by atoms with Gasteiger partial charge < -0.3 is 14.8 Å². The molecular formula is C30H32N2O4. The van der Waals surface area contributed by atoms with Crippen LogP contribution in [0.5, 0.6) is 0 Å². The van der Waals surface area contributed by atoms with E-state index in [1.54, 1.807) is 6.20 Å². The van der Waals surface area contributed by atoms with Crippen molar-refractivity contribution in [1.29, 1.82) is 0 Å². The van der Waals surface area contributed by atoms with Crippen molar-refractivity contribution in [2.75, 3.05) is 13.6 Å². The molecule has 1 aromatic carbocycles. The van der Waals surface area contributed by atoms with E-state index in [1.165, 1.54) is 6.92 Å². The van der Waals surface area contributed by atoms with Crippen molar-refractivity contribution in [3.63, 3.8) is 0 Å². The van der Waals surface area contributed by atoms with Crippen LogP contribution >= 0.6 is 0 Å². The lowest BCUT2D eigenvalue weighted by atomic mass is 9.64. The van der Waals surface area contributed by atoms with E-state index in [1.807, 2.05) is 19.3 Å². The maximum absolute atomic E-state index is 12.9. The van der Waals surface area contributed by atoms with Gasteiger partial charge in [0.05, 0.1) is 5.57 Å². The highest BCUT2D eigenvalue weighted by atomic mass is 16.5. The number of benzene rings is 1. The van der Waals surface area contributed by atoms with Gasteiger partial charge in [0.2, 0.25) is 0 Å². The van der Waals surface area contributed by atoms with Crippen LogP contribution in [0.25, 0.3) is 10.8 Å². The number of esters is 1. The number of nitrogens with zero attached hydrogens (tertiary/aromatic N) is 1. The number of Topliss-reactive ketones (excluding diaryl/α,β-unsaturated/α-hetero) is 1. The predicted octanol–water partition coefficient (Wildman–Crippen LogP) is 4.62. The lowest BCUT2D eigenvalue weighted by molar-refractivity contribution is -0.147. The summed E-state index contributed by atoms with van der Waals surface area (Å²) < 4.78 is 12.7. The Morgan fingerprint density at radius 1 is 1.25 bits per heavy atom. The lowest BCUT2D eigenvalue weighted by Crippen LogP contribution is -2.41. The molecule has 0 spiro atoms. The number of ether oxygens (including phenoxy) is 2. The highest BCUT2D eigenvalue weighted by Gasteiger charge is 2.58. The second-order valence-electron chi connectivity index (χ2n) is 10.9. The summed E-state index contributed by atoms with van der Waals surface area (Å²) in [6.45, 7) is 4.54. The fraction of sp³-hybridized carbons (Fsp3) is 0.433. The number of allylic oxidation sites excluding steroid dienone is 4. The number of pyridine rings is 1. The highest BCUT2D eigenvalue weighted by molar-refractivity contribution is 6.00. The Hall–Kier alpha value is -3.25. The van der Waals surface area contributed by atoms with E-state index < -0.39 is 0 Å². The molecule has 1 aliphatic heterocycles. The Kier molecular flexibility index (Phi) is 5.60. The van der Waals surface area contributed by atoms with E-state index in [4.69, 9.17) is 9.47 Å². The summed E-state index contributed by atoms with van der Waals surface area (Å²) >= 11 is 0. The fourth-order valence-electron chi connectivity index (χ4n) is 7.03. The molecule has 2 unspecified atom stereocenters. The van der Waals surface area contributed by atoms with E-state index in [2.05, 4.69) is 53.7 Å². The summed E-state index contributed by atoms with van der Waals surface area (Å²) in [6.07, 6.45) is 11.7. The van der Waals surface area contributed by atoms with Crippen molar-refractivity contribution in [1.82, 2.24) is 10.3 Å². The average Bonchev–Trinajstić information content (AvgIpc) is 3.14. The molecule has 0 bridgehead atoms. The summed E-state index contributed by atoms with van der Waals surface area (Å²) in [5.41, 5.74) is 2.66. The molecule has 0 saturated heterocycles. The molecule has 1 fully saturated rings. The second kappa shape index (κ2) is 8.70. The van der Waals surface area contributed by atoms with Gasteiger partial charge in [-0.25, -0.2) is 0 Å². The van der Waals surface area contributed by atoms with Crippen LogP contribution in [0.3, 0.4) is 0 Å². The largest absolute Gasteiger partial charge is 0.489 e. The molecule has 6 nitrogen and oxygen atoms in total. The van der Waals surface area contributed by atoms with Crippen molar-refractivity contribution in [2.24, 2.45) is 17.3 Å². The maximum atomic E-state index is 12.9. The lowest BCUT2D eigenvalue weighted by Gasteiger charge is -2.44. The van der Waals surface area contributed by atoms with E-state index in [0.717, 1.165) is 46.2 Å². The van der Waals surface area contributed by atoms with Gasteiger partial charge in [-0.1, -0.05) is 37.3 Å². The Morgan fingerprint density at radius 2 is 2.11 bits per heavy atom. The molecule has 1 N–H and O–H groups in total. The van der Waals surface area contributed by atoms with Crippen LogP contribution in [0.15, 0.2) is 71.8 Å². The quantitative estimate of drug-likeness (QED) is 0.638. The topological polar surface area (TPSA) is 77.5 Å². The van der Waals surface area contributed by atoms with Crippen LogP contribution in [0.4, 0.5) is 0 Å². The van der Waals surface area contributed by atoms with Crippen molar-refractivity contribution in [2.45, 2.75) is 51.2 Å². The molecule has 36 heavy (non-hydrogen) atoms. The number of aromatic nitrogens is 1. The minimum atomic E-state index is -0.274. The van der Waals surface area contributed by atoms with Gasteiger partial charge in [0.15, 0.2) is 5.78 Å². The zero-order chi connectivity index (χ0) is 25.0. The van der Waals surface area contributed by atoms with Gasteiger partial charge in [0.25, 0.3) is 0 Å². The van der Waals surface area contributed by atoms with E-state index in [-0.39, 0.29) is 47.1 Å². The van der Waals surface area contributed by atoms with Crippen LogP contribution in [0, 0.1) is 17.3 Å². The van der Waals surface area contributed by atoms with Crippen molar-refractivity contribution >= 4 is 22.5 Å². The van der Waals surface area contributed by atoms with Crippen molar-refractivity contribution in [3.05, 3.63) is 77.4 Å². The first-order valence-electron chi connectivity index (χ1n) is 12.9. The standard InChI is InChI=1S/C30H32N2O4/c1-17(33)35-27-14-24-29-21(13-23-25(34)10-18(15-31-3)11-26(23)36-29)6-8-30(24,2)28(27)20-4-5-22-16-32-9-7-19(22)12-20/h4-9,12-13,16,18,24,27-29,31H,10-11,14-15H2,1-3H3/t18?,24-,27?,28-,29+,30-/m0/s1. The van der Waals surface area contributed by atoms with E-state index in [0.29, 0.717) is 12.8 Å². The number of rotatable bonds is 4. The number of hydrogen-bond donors (Lipinski definition) is 1. The minimum Gasteiger partial charge on any atom is -0.489 e. The molecule has 0 amide bonds. The maximum Gasteiger partial charge on any atom is 0.302 e. The third kappa shape index (κ3) is 3.70. The number of ketones is 1. The summed E-state index contributed by atoms with van der Waals surface area (Å²) in [5, 5.41) is 5.41. The summed E-state index contributed by atoms with van der Waals surface area (Å²) in [6, 6.07) is 8.46. The molecule has 3 aliphatic carbocycles. The van der Waals surface area contributed by atoms with Gasteiger partial charge in [-0.3, -0.25) is 14.6 Å². The average molecular weight is 485 g/mol. The Bertz CT molecular complexity index is 1340. The number of hydrogen-bond acceptors (Lipinski definition) is 6. The molecule has 1 aromatic heterocycles. The molecule has 2 heterocycles. The first-order valence-corrected chi connectivity index (χ1v) is 12.9. The van der Waals surface area contributed by atoms with Crippen LogP contribution in [-0.4, -0.2) is 42.5 Å². The van der Waals surface area contributed by atoms with Gasteiger partial charge in [0.1, 0.15) is 18.0 Å². The molecule has 4 aliphatic rings. The van der Waals surface area contributed by atoms with Gasteiger partial charge in [0, 0.05) is 54.8 Å². The Labute approximate surface area is 211 Å². The number of nitrogens with one attached hydrogen (secondary N) is 1. The van der Waals surface area contributed by atoms with Gasteiger partial charge in [-0.2, -0.15) is 0 Å². The van der Waals surface area contributed by atoms with Crippen LogP contribution in [0.1, 0.15) is 44.6 Å². The number of carbonyl (C=O) groups is 2. The molecule has 186 valence electrons. The predicted molar refractivity (Wildman–Crippen MR) is 137 cm³/mol. The molecule has 0 radical (unpaired) electrons. The summed E-state index contributed by atoms with van der Waals surface area (Å²) in [4.78, 5) is 29.3. The molecule has 6 rings (SSSR count). The Morgan fingerprint density at radius 3 is 2.92 bits per heavy atom. The zero-order valence-corrected chi connectivity index (χ0v) is 21.0. The van der Waals surface area contributed by atoms with Gasteiger partial charge in [-0.15, -0.1) is 0 Å². The van der Waals surface area contributed by atoms with Crippen molar-refractivity contribution < 1.29 is 19.1 Å². The molecule has 1 saturated carbocycles. The molecule has 2 aromatic rings. The summed E-state index contributed by atoms with van der Waals surface area (Å²) in [7, 11) is 1.92. The van der Waals surface area contributed by atoms with Crippen LogP contribution in [0.2, 0.25) is 0 Å². The molecular weight excluding hydrogens is 452 g/mol. The van der Waals surface area contributed by atoms with Crippen LogP contribution in [-0.2, 0) is 19.1 Å². The molecule has 6 heteroatoms.